The van der Waals surface area contributed by atoms with E-state index >= 15 is 0 Å². The fourth-order valence-corrected chi connectivity index (χ4v) is 6.02. The van der Waals surface area contributed by atoms with Gasteiger partial charge >= 0.3 is 0 Å². The maximum absolute atomic E-state index is 14.0. The maximum Gasteiger partial charge on any atom is 0.247 e. The molecule has 238 valence electrons. The van der Waals surface area contributed by atoms with Gasteiger partial charge in [-0.15, -0.1) is 0 Å². The molecule has 0 aromatic heterocycles. The Kier molecular flexibility index (Phi) is 12.4. The Morgan fingerprint density at radius 3 is 2.49 bits per heavy atom. The molecule has 10 nitrogen and oxygen atoms in total. The first-order valence-corrected chi connectivity index (χ1v) is 15.6. The van der Waals surface area contributed by atoms with E-state index < -0.39 is 24.2 Å². The molecule has 1 aliphatic carbocycles. The monoisotopic (exact) mass is 728 g/mol. The lowest BCUT2D eigenvalue weighted by molar-refractivity contribution is -0.137. The van der Waals surface area contributed by atoms with Crippen molar-refractivity contribution < 1.29 is 38.8 Å². The van der Waals surface area contributed by atoms with E-state index in [0.29, 0.717) is 38.9 Å². The number of aldehydes is 1. The summed E-state index contributed by atoms with van der Waals surface area (Å²) in [6.07, 6.45) is 0.599. The molecule has 3 atom stereocenters. The van der Waals surface area contributed by atoms with E-state index in [1.807, 2.05) is 77.2 Å². The van der Waals surface area contributed by atoms with Crippen molar-refractivity contribution in [3.8, 4) is 17.2 Å². The summed E-state index contributed by atoms with van der Waals surface area (Å²) >= 11 is 2.02. The molecule has 0 fully saturated rings. The van der Waals surface area contributed by atoms with Crippen molar-refractivity contribution >= 4 is 40.7 Å². The fourth-order valence-electron chi connectivity index (χ4n) is 5.26. The minimum Gasteiger partial charge on any atom is -0.497 e. The van der Waals surface area contributed by atoms with Gasteiger partial charge < -0.3 is 34.6 Å². The molecule has 0 heterocycles. The number of halogens is 1. The Bertz CT molecular complexity index is 1510. The second-order valence-corrected chi connectivity index (χ2v) is 11.7. The topological polar surface area (TPSA) is 135 Å². The number of methoxy groups -OCH3 is 2. The van der Waals surface area contributed by atoms with Crippen molar-refractivity contribution in [1.82, 2.24) is 10.2 Å². The smallest absolute Gasteiger partial charge is 0.247 e. The molecule has 3 aromatic rings. The van der Waals surface area contributed by atoms with Gasteiger partial charge in [0.1, 0.15) is 24.2 Å². The zero-order valence-electron chi connectivity index (χ0n) is 25.1. The first-order valence-electron chi connectivity index (χ1n) is 14.5. The lowest BCUT2D eigenvalue weighted by atomic mass is 9.87. The number of aliphatic hydroxyl groups excluding tert-OH is 2. The Balaban J connectivity index is 1.71. The van der Waals surface area contributed by atoms with Crippen LogP contribution in [0.1, 0.15) is 27.9 Å². The van der Waals surface area contributed by atoms with E-state index in [0.717, 1.165) is 11.1 Å². The highest BCUT2D eigenvalue weighted by Gasteiger charge is 2.41. The van der Waals surface area contributed by atoms with Crippen LogP contribution in [0.2, 0.25) is 0 Å². The Hall–Kier alpha value is -3.94. The van der Waals surface area contributed by atoms with Gasteiger partial charge in [0.05, 0.1) is 36.9 Å². The molecule has 0 aliphatic heterocycles. The highest BCUT2D eigenvalue weighted by molar-refractivity contribution is 14.1. The first-order chi connectivity index (χ1) is 21.8. The summed E-state index contributed by atoms with van der Waals surface area (Å²) in [4.78, 5) is 40.3. The van der Waals surface area contributed by atoms with Crippen LogP contribution >= 0.6 is 22.6 Å². The predicted octanol–water partition coefficient (Wildman–Crippen LogP) is 3.35. The highest BCUT2D eigenvalue weighted by atomic mass is 127. The summed E-state index contributed by atoms with van der Waals surface area (Å²) in [6, 6.07) is 19.2. The van der Waals surface area contributed by atoms with Crippen LogP contribution in [0.25, 0.3) is 0 Å². The minimum absolute atomic E-state index is 0.0420. The van der Waals surface area contributed by atoms with Crippen molar-refractivity contribution in [2.45, 2.75) is 37.5 Å². The van der Waals surface area contributed by atoms with Gasteiger partial charge in [0, 0.05) is 30.6 Å². The number of hydrogen-bond acceptors (Lipinski definition) is 8. The Labute approximate surface area is 276 Å². The van der Waals surface area contributed by atoms with Crippen molar-refractivity contribution in [2.24, 2.45) is 0 Å². The summed E-state index contributed by atoms with van der Waals surface area (Å²) in [5.74, 6) is 0.615. The molecule has 4 rings (SSSR count). The largest absolute Gasteiger partial charge is 0.497 e. The zero-order valence-corrected chi connectivity index (χ0v) is 27.3. The molecule has 3 unspecified atom stereocenters. The molecule has 0 spiro atoms. The molecular formula is C34H37IN2O8. The molecule has 45 heavy (non-hydrogen) atoms. The third-order valence-corrected chi connectivity index (χ3v) is 8.35. The molecule has 1 aliphatic rings. The predicted molar refractivity (Wildman–Crippen MR) is 177 cm³/mol. The summed E-state index contributed by atoms with van der Waals surface area (Å²) in [7, 11) is 3.03. The number of ether oxygens (including phenoxy) is 3. The molecule has 11 heteroatoms. The summed E-state index contributed by atoms with van der Waals surface area (Å²) < 4.78 is 17.7. The summed E-state index contributed by atoms with van der Waals surface area (Å²) in [6.45, 7) is 0.0553. The van der Waals surface area contributed by atoms with Crippen LogP contribution in [0, 0.1) is 3.57 Å². The molecule has 3 N–H and O–H groups in total. The van der Waals surface area contributed by atoms with Crippen LogP contribution < -0.4 is 19.5 Å². The Morgan fingerprint density at radius 2 is 1.80 bits per heavy atom. The van der Waals surface area contributed by atoms with E-state index in [4.69, 9.17) is 14.2 Å². The first kappa shape index (κ1) is 33.9. The highest BCUT2D eigenvalue weighted by Crippen LogP contribution is 2.37. The van der Waals surface area contributed by atoms with E-state index in [2.05, 4.69) is 5.32 Å². The van der Waals surface area contributed by atoms with Gasteiger partial charge in [-0.25, -0.2) is 0 Å². The average molecular weight is 729 g/mol. The number of nitrogens with one attached hydrogen (secondary N) is 1. The second kappa shape index (κ2) is 16.4. The Morgan fingerprint density at radius 1 is 1.04 bits per heavy atom. The maximum atomic E-state index is 14.0. The molecular weight excluding hydrogens is 691 g/mol. The lowest BCUT2D eigenvalue weighted by Crippen LogP contribution is -2.56. The molecule has 3 aromatic carbocycles. The van der Waals surface area contributed by atoms with Crippen LogP contribution in [0.5, 0.6) is 17.2 Å². The number of carbonyl (C=O) groups is 3. The second-order valence-electron chi connectivity index (χ2n) is 10.5. The lowest BCUT2D eigenvalue weighted by Gasteiger charge is -2.41. The SMILES string of the molecule is COc1cccc(CCN(C(=O)Cc2ccccc2)C2CC(C(=O)NCCO)=CC(Oc3c(I)cc(C=O)cc3OC)C2O)c1. The number of carbonyl (C=O) groups excluding carboxylic acids is 3. The number of hydrogen-bond donors (Lipinski definition) is 3. The quantitative estimate of drug-likeness (QED) is 0.170. The average Bonchev–Trinajstić information content (AvgIpc) is 3.06. The number of amides is 2. The zero-order chi connectivity index (χ0) is 32.3. The van der Waals surface area contributed by atoms with E-state index in [9.17, 15) is 24.6 Å². The minimum atomic E-state index is -1.23. The molecule has 0 saturated carbocycles. The van der Waals surface area contributed by atoms with Crippen molar-refractivity contribution in [3.63, 3.8) is 0 Å². The number of aliphatic hydroxyl groups is 2. The molecule has 2 amide bonds. The number of rotatable bonds is 14. The standard InChI is InChI=1S/C34H37IN2O8/c1-43-26-10-6-9-23(15-26)11-13-37(31(40)18-22-7-4-3-5-8-22)28-19-25(34(42)36-12-14-38)20-29(32(28)41)45-33-27(35)16-24(21-39)17-30(33)44-2/h3-10,15-17,20-21,28-29,32,38,41H,11-14,18-19H2,1-2H3,(H,36,42). The van der Waals surface area contributed by atoms with Crippen molar-refractivity contribution in [3.05, 3.63) is 98.6 Å². The van der Waals surface area contributed by atoms with Gasteiger partial charge in [0.25, 0.3) is 0 Å². The van der Waals surface area contributed by atoms with E-state index in [-0.39, 0.29) is 44.2 Å². The van der Waals surface area contributed by atoms with Gasteiger partial charge in [0.2, 0.25) is 11.8 Å². The number of benzene rings is 3. The summed E-state index contributed by atoms with van der Waals surface area (Å²) in [5, 5.41) is 23.8. The third-order valence-electron chi connectivity index (χ3n) is 7.55. The van der Waals surface area contributed by atoms with Crippen LogP contribution in [0.15, 0.2) is 78.4 Å². The van der Waals surface area contributed by atoms with Gasteiger partial charge in [-0.2, -0.15) is 0 Å². The van der Waals surface area contributed by atoms with Gasteiger partial charge in [-0.3, -0.25) is 14.4 Å². The summed E-state index contributed by atoms with van der Waals surface area (Å²) in [5.41, 5.74) is 2.45. The van der Waals surface area contributed by atoms with Gasteiger partial charge in [-0.1, -0.05) is 42.5 Å². The fraction of sp³-hybridized carbons (Fsp3) is 0.324. The van der Waals surface area contributed by atoms with Crippen LogP contribution in [-0.2, 0) is 22.4 Å². The number of nitrogens with zero attached hydrogens (tertiary/aromatic N) is 1. The molecule has 0 bridgehead atoms. The van der Waals surface area contributed by atoms with Crippen molar-refractivity contribution in [1.29, 1.82) is 0 Å². The van der Waals surface area contributed by atoms with Crippen LogP contribution in [-0.4, -0.2) is 85.4 Å². The van der Waals surface area contributed by atoms with Crippen molar-refractivity contribution in [2.75, 3.05) is 33.9 Å². The normalized spacial score (nSPS) is 17.5. The third kappa shape index (κ3) is 8.83. The van der Waals surface area contributed by atoms with Gasteiger partial charge in [-0.05, 0) is 70.5 Å². The van der Waals surface area contributed by atoms with Crippen LogP contribution in [0.4, 0.5) is 0 Å². The van der Waals surface area contributed by atoms with E-state index in [1.165, 1.54) is 13.2 Å². The molecule has 0 saturated heterocycles. The van der Waals surface area contributed by atoms with Crippen LogP contribution in [0.3, 0.4) is 0 Å². The van der Waals surface area contributed by atoms with E-state index in [1.54, 1.807) is 24.2 Å². The van der Waals surface area contributed by atoms with Gasteiger partial charge in [0.15, 0.2) is 11.5 Å². The molecule has 0 radical (unpaired) electrons.